The first-order valence-corrected chi connectivity index (χ1v) is 8.17. The number of piperidine rings is 1. The van der Waals surface area contributed by atoms with E-state index in [1.807, 2.05) is 18.2 Å². The number of nitrogens with zero attached hydrogens (tertiary/aromatic N) is 3. The molecule has 3 atom stereocenters. The number of fused-ring (bicyclic) bond motifs is 2. The van der Waals surface area contributed by atoms with Crippen LogP contribution in [0.3, 0.4) is 0 Å². The fraction of sp³-hybridized carbons (Fsp3) is 0.615. The van der Waals surface area contributed by atoms with Crippen LogP contribution in [0.4, 0.5) is 0 Å². The molecule has 2 aliphatic rings. The summed E-state index contributed by atoms with van der Waals surface area (Å²) < 4.78 is 33.4. The Morgan fingerprint density at radius 1 is 1.35 bits per heavy atom. The Morgan fingerprint density at radius 3 is 2.80 bits per heavy atom. The van der Waals surface area contributed by atoms with Crippen LogP contribution in [0.1, 0.15) is 12.8 Å². The van der Waals surface area contributed by atoms with E-state index in [1.54, 1.807) is 24.6 Å². The second-order valence-corrected chi connectivity index (χ2v) is 7.61. The molecule has 1 saturated carbocycles. The molecule has 6 nitrogen and oxygen atoms in total. The van der Waals surface area contributed by atoms with E-state index < -0.39 is 10.2 Å². The highest BCUT2D eigenvalue weighted by atomic mass is 32.2. The Kier molecular flexibility index (Phi) is 3.43. The molecule has 1 aromatic rings. The van der Waals surface area contributed by atoms with E-state index in [1.165, 1.54) is 4.31 Å². The monoisotopic (exact) mass is 297 g/mol. The molecular formula is C13H19N3O3S. The van der Waals surface area contributed by atoms with E-state index in [2.05, 4.69) is 4.98 Å². The Morgan fingerprint density at radius 2 is 2.15 bits per heavy atom. The van der Waals surface area contributed by atoms with Crippen LogP contribution in [-0.4, -0.2) is 54.8 Å². The van der Waals surface area contributed by atoms with Gasteiger partial charge < -0.3 is 4.74 Å². The van der Waals surface area contributed by atoms with E-state index in [0.717, 1.165) is 12.8 Å². The molecule has 2 fully saturated rings. The summed E-state index contributed by atoms with van der Waals surface area (Å²) in [6.07, 6.45) is 3.47. The van der Waals surface area contributed by atoms with Gasteiger partial charge in [-0.1, -0.05) is 6.07 Å². The first kappa shape index (κ1) is 13.8. The summed E-state index contributed by atoms with van der Waals surface area (Å²) in [6, 6.07) is 5.43. The standard InChI is InChI=1S/C13H19N3O3S/c1-15(2)20(17,18)16-9-10-6-7-11(16)13(10)19-12-5-3-4-8-14-12/h3-5,8,10-11,13H,6-7,9H2,1-2H3. The fourth-order valence-corrected chi connectivity index (χ4v) is 4.47. The van der Waals surface area contributed by atoms with Crippen molar-refractivity contribution in [2.24, 2.45) is 5.92 Å². The van der Waals surface area contributed by atoms with E-state index in [0.29, 0.717) is 12.4 Å². The third kappa shape index (κ3) is 2.19. The molecule has 1 aliphatic carbocycles. The minimum atomic E-state index is -3.37. The Bertz CT molecular complexity index is 576. The van der Waals surface area contributed by atoms with Crippen molar-refractivity contribution in [2.75, 3.05) is 20.6 Å². The zero-order valence-corrected chi connectivity index (χ0v) is 12.5. The topological polar surface area (TPSA) is 62.7 Å². The molecule has 0 N–H and O–H groups in total. The Balaban J connectivity index is 1.80. The molecule has 1 aliphatic heterocycles. The van der Waals surface area contributed by atoms with Gasteiger partial charge in [0.05, 0.1) is 6.04 Å². The first-order chi connectivity index (χ1) is 9.50. The van der Waals surface area contributed by atoms with Gasteiger partial charge in [-0.3, -0.25) is 0 Å². The number of hydrogen-bond acceptors (Lipinski definition) is 4. The van der Waals surface area contributed by atoms with Crippen LogP contribution in [0.2, 0.25) is 0 Å². The number of ether oxygens (including phenoxy) is 1. The lowest BCUT2D eigenvalue weighted by molar-refractivity contribution is 0.160. The normalized spacial score (nSPS) is 30.1. The van der Waals surface area contributed by atoms with Crippen LogP contribution in [0.25, 0.3) is 0 Å². The van der Waals surface area contributed by atoms with E-state index in [4.69, 9.17) is 4.74 Å². The van der Waals surface area contributed by atoms with Crippen molar-refractivity contribution in [3.05, 3.63) is 24.4 Å². The molecule has 110 valence electrons. The van der Waals surface area contributed by atoms with Crippen molar-refractivity contribution in [1.29, 1.82) is 0 Å². The molecule has 0 spiro atoms. The molecule has 0 amide bonds. The van der Waals surface area contributed by atoms with Crippen molar-refractivity contribution < 1.29 is 13.2 Å². The quantitative estimate of drug-likeness (QED) is 0.822. The predicted octanol–water partition coefficient (Wildman–Crippen LogP) is 0.730. The largest absolute Gasteiger partial charge is 0.472 e. The zero-order chi connectivity index (χ0) is 14.3. The molecule has 20 heavy (non-hydrogen) atoms. The van der Waals surface area contributed by atoms with Gasteiger partial charge in [-0.05, 0) is 18.9 Å². The van der Waals surface area contributed by atoms with Crippen molar-refractivity contribution >= 4 is 10.2 Å². The van der Waals surface area contributed by atoms with Crippen LogP contribution in [0.15, 0.2) is 24.4 Å². The van der Waals surface area contributed by atoms with Gasteiger partial charge in [0, 0.05) is 38.8 Å². The van der Waals surface area contributed by atoms with Crippen LogP contribution >= 0.6 is 0 Å². The van der Waals surface area contributed by atoms with Gasteiger partial charge in [-0.15, -0.1) is 0 Å². The van der Waals surface area contributed by atoms with Crippen molar-refractivity contribution in [3.63, 3.8) is 0 Å². The van der Waals surface area contributed by atoms with Crippen LogP contribution in [-0.2, 0) is 10.2 Å². The number of hydrogen-bond donors (Lipinski definition) is 0. The summed E-state index contributed by atoms with van der Waals surface area (Å²) >= 11 is 0. The van der Waals surface area contributed by atoms with E-state index in [-0.39, 0.29) is 18.1 Å². The number of pyridine rings is 1. The first-order valence-electron chi connectivity index (χ1n) is 6.77. The van der Waals surface area contributed by atoms with Crippen molar-refractivity contribution in [3.8, 4) is 5.88 Å². The minimum Gasteiger partial charge on any atom is -0.472 e. The zero-order valence-electron chi connectivity index (χ0n) is 11.6. The third-order valence-electron chi connectivity index (χ3n) is 4.11. The lowest BCUT2D eigenvalue weighted by Gasteiger charge is -2.28. The predicted molar refractivity (Wildman–Crippen MR) is 74.5 cm³/mol. The molecule has 2 heterocycles. The van der Waals surface area contributed by atoms with Gasteiger partial charge in [0.1, 0.15) is 6.10 Å². The molecular weight excluding hydrogens is 278 g/mol. The van der Waals surface area contributed by atoms with E-state index >= 15 is 0 Å². The average molecular weight is 297 g/mol. The van der Waals surface area contributed by atoms with Gasteiger partial charge in [-0.2, -0.15) is 17.0 Å². The molecule has 0 aromatic carbocycles. The highest BCUT2D eigenvalue weighted by Gasteiger charge is 2.53. The summed E-state index contributed by atoms with van der Waals surface area (Å²) in [5, 5.41) is 0. The molecule has 3 unspecified atom stereocenters. The number of aromatic nitrogens is 1. The molecule has 3 rings (SSSR count). The summed E-state index contributed by atoms with van der Waals surface area (Å²) in [6.45, 7) is 0.544. The minimum absolute atomic E-state index is 0.0746. The van der Waals surface area contributed by atoms with Crippen molar-refractivity contribution in [1.82, 2.24) is 13.6 Å². The Labute approximate surface area is 119 Å². The smallest absolute Gasteiger partial charge is 0.281 e. The van der Waals surface area contributed by atoms with Gasteiger partial charge >= 0.3 is 0 Å². The Hall–Kier alpha value is -1.18. The van der Waals surface area contributed by atoms with Crippen LogP contribution in [0.5, 0.6) is 5.88 Å². The SMILES string of the molecule is CN(C)S(=O)(=O)N1CC2CCC1C2Oc1ccccn1. The highest BCUT2D eigenvalue weighted by Crippen LogP contribution is 2.41. The van der Waals surface area contributed by atoms with Crippen LogP contribution < -0.4 is 4.74 Å². The van der Waals surface area contributed by atoms with Gasteiger partial charge in [0.25, 0.3) is 10.2 Å². The maximum atomic E-state index is 12.3. The maximum Gasteiger partial charge on any atom is 0.281 e. The second kappa shape index (κ2) is 4.98. The fourth-order valence-electron chi connectivity index (χ4n) is 3.10. The van der Waals surface area contributed by atoms with Gasteiger partial charge in [0.2, 0.25) is 5.88 Å². The van der Waals surface area contributed by atoms with Crippen LogP contribution in [0, 0.1) is 5.92 Å². The molecule has 1 aromatic heterocycles. The summed E-state index contributed by atoms with van der Waals surface area (Å²) in [7, 11) is -0.236. The van der Waals surface area contributed by atoms with E-state index in [9.17, 15) is 8.42 Å². The average Bonchev–Trinajstić information content (AvgIpc) is 2.97. The third-order valence-corrected chi connectivity index (χ3v) is 6.05. The lowest BCUT2D eigenvalue weighted by Crippen LogP contribution is -2.46. The second-order valence-electron chi connectivity index (χ2n) is 5.52. The lowest BCUT2D eigenvalue weighted by atomic mass is 10.1. The summed E-state index contributed by atoms with van der Waals surface area (Å²) in [5.74, 6) is 0.829. The molecule has 7 heteroatoms. The van der Waals surface area contributed by atoms with Gasteiger partial charge in [0.15, 0.2) is 0 Å². The van der Waals surface area contributed by atoms with Gasteiger partial charge in [-0.25, -0.2) is 4.98 Å². The molecule has 2 bridgehead atoms. The highest BCUT2D eigenvalue weighted by molar-refractivity contribution is 7.86. The summed E-state index contributed by atoms with van der Waals surface area (Å²) in [5.41, 5.74) is 0. The molecule has 0 radical (unpaired) electrons. The van der Waals surface area contributed by atoms with Crippen molar-refractivity contribution in [2.45, 2.75) is 25.0 Å². The molecule has 1 saturated heterocycles. The summed E-state index contributed by atoms with van der Waals surface area (Å²) in [4.78, 5) is 4.16. The maximum absolute atomic E-state index is 12.3. The number of rotatable bonds is 4.